The van der Waals surface area contributed by atoms with E-state index in [-0.39, 0.29) is 28.0 Å². The highest BCUT2D eigenvalue weighted by molar-refractivity contribution is 6.30. The number of fused-ring (bicyclic) bond motifs is 1. The SMILES string of the molecule is COc1ncc(-c2ccc3ncc(Cl)c(=O)n3c2)cc1N=C(N)c1ccc(F)cc1F. The first-order valence-corrected chi connectivity index (χ1v) is 9.26. The molecule has 0 radical (unpaired) electrons. The van der Waals surface area contributed by atoms with E-state index >= 15 is 0 Å². The van der Waals surface area contributed by atoms with Crippen LogP contribution in [0.2, 0.25) is 5.02 Å². The van der Waals surface area contributed by atoms with Crippen LogP contribution in [-0.4, -0.2) is 27.3 Å². The molecule has 156 valence electrons. The molecule has 0 aliphatic carbocycles. The minimum atomic E-state index is -0.845. The molecule has 0 atom stereocenters. The summed E-state index contributed by atoms with van der Waals surface area (Å²) in [7, 11) is 1.40. The standard InChI is InChI=1S/C21H14ClF2N5O2/c1-31-20-17(28-19(25)14-4-3-13(23)7-16(14)24)6-12(8-27-20)11-2-5-18-26-9-15(22)21(30)29(18)10-11/h2-10H,1H3,(H2,25,28). The highest BCUT2D eigenvalue weighted by atomic mass is 35.5. The van der Waals surface area contributed by atoms with Crippen LogP contribution >= 0.6 is 11.6 Å². The molecule has 0 unspecified atom stereocenters. The summed E-state index contributed by atoms with van der Waals surface area (Å²) in [6, 6.07) is 8.01. The van der Waals surface area contributed by atoms with Gasteiger partial charge < -0.3 is 10.5 Å². The predicted molar refractivity (Wildman–Crippen MR) is 113 cm³/mol. The molecular formula is C21H14ClF2N5O2. The Labute approximate surface area is 179 Å². The van der Waals surface area contributed by atoms with Gasteiger partial charge in [-0.15, -0.1) is 0 Å². The van der Waals surface area contributed by atoms with E-state index in [4.69, 9.17) is 22.1 Å². The van der Waals surface area contributed by atoms with Crippen molar-refractivity contribution in [3.63, 3.8) is 0 Å². The Balaban J connectivity index is 1.82. The fraction of sp³-hybridized carbons (Fsp3) is 0.0476. The lowest BCUT2D eigenvalue weighted by molar-refractivity contribution is 0.399. The molecule has 4 aromatic rings. The zero-order valence-corrected chi connectivity index (χ0v) is 16.8. The van der Waals surface area contributed by atoms with E-state index in [0.717, 1.165) is 12.1 Å². The molecule has 0 fully saturated rings. The summed E-state index contributed by atoms with van der Waals surface area (Å²) < 4.78 is 33.8. The van der Waals surface area contributed by atoms with Crippen LogP contribution in [0.5, 0.6) is 5.88 Å². The topological polar surface area (TPSA) is 94.9 Å². The Hall–Kier alpha value is -3.85. The number of aromatic nitrogens is 3. The summed E-state index contributed by atoms with van der Waals surface area (Å²) in [5.74, 6) is -1.60. The summed E-state index contributed by atoms with van der Waals surface area (Å²) in [6.07, 6.45) is 4.38. The molecule has 2 N–H and O–H groups in total. The molecule has 3 heterocycles. The number of amidine groups is 1. The summed E-state index contributed by atoms with van der Waals surface area (Å²) in [5.41, 5.74) is 7.31. The van der Waals surface area contributed by atoms with Crippen molar-refractivity contribution in [2.75, 3.05) is 7.11 Å². The lowest BCUT2D eigenvalue weighted by Gasteiger charge is -2.09. The Bertz CT molecular complexity index is 1400. The minimum absolute atomic E-state index is 0.0121. The van der Waals surface area contributed by atoms with E-state index in [9.17, 15) is 13.6 Å². The van der Waals surface area contributed by atoms with Gasteiger partial charge in [0.05, 0.1) is 18.9 Å². The van der Waals surface area contributed by atoms with Crippen molar-refractivity contribution >= 4 is 28.8 Å². The summed E-state index contributed by atoms with van der Waals surface area (Å²) in [6.45, 7) is 0. The monoisotopic (exact) mass is 441 g/mol. The molecule has 31 heavy (non-hydrogen) atoms. The van der Waals surface area contributed by atoms with Crippen molar-refractivity contribution in [3.8, 4) is 17.0 Å². The third-order valence-corrected chi connectivity index (χ3v) is 4.73. The average molecular weight is 442 g/mol. The van der Waals surface area contributed by atoms with E-state index in [0.29, 0.717) is 16.8 Å². The Kier molecular flexibility index (Phi) is 5.35. The highest BCUT2D eigenvalue weighted by Crippen LogP contribution is 2.31. The van der Waals surface area contributed by atoms with Gasteiger partial charge in [0.2, 0.25) is 5.88 Å². The number of methoxy groups -OCH3 is 1. The average Bonchev–Trinajstić information content (AvgIpc) is 2.76. The first-order chi connectivity index (χ1) is 14.9. The molecule has 0 aliphatic rings. The Morgan fingerprint density at radius 3 is 2.68 bits per heavy atom. The zero-order valence-electron chi connectivity index (χ0n) is 16.0. The number of aliphatic imine (C=N–C) groups is 1. The second-order valence-electron chi connectivity index (χ2n) is 6.43. The third kappa shape index (κ3) is 3.95. The van der Waals surface area contributed by atoms with E-state index in [2.05, 4.69) is 15.0 Å². The van der Waals surface area contributed by atoms with Gasteiger partial charge in [0, 0.05) is 29.6 Å². The van der Waals surface area contributed by atoms with Gasteiger partial charge in [-0.25, -0.2) is 23.7 Å². The van der Waals surface area contributed by atoms with Crippen molar-refractivity contribution in [3.05, 3.63) is 87.6 Å². The first-order valence-electron chi connectivity index (χ1n) is 8.88. The van der Waals surface area contributed by atoms with E-state index in [1.807, 2.05) is 0 Å². The third-order valence-electron chi connectivity index (χ3n) is 4.47. The van der Waals surface area contributed by atoms with Crippen LogP contribution in [-0.2, 0) is 0 Å². The maximum Gasteiger partial charge on any atom is 0.276 e. The summed E-state index contributed by atoms with van der Waals surface area (Å²) in [5, 5.41) is -0.0121. The molecule has 7 nitrogen and oxygen atoms in total. The van der Waals surface area contributed by atoms with Gasteiger partial charge in [-0.05, 0) is 30.3 Å². The fourth-order valence-electron chi connectivity index (χ4n) is 2.95. The van der Waals surface area contributed by atoms with Crippen LogP contribution < -0.4 is 16.0 Å². The minimum Gasteiger partial charge on any atom is -0.479 e. The van der Waals surface area contributed by atoms with E-state index < -0.39 is 17.2 Å². The number of hydrogen-bond donors (Lipinski definition) is 1. The van der Waals surface area contributed by atoms with Crippen LogP contribution in [0.15, 0.2) is 64.8 Å². The van der Waals surface area contributed by atoms with Gasteiger partial charge in [0.25, 0.3) is 5.56 Å². The number of pyridine rings is 2. The quantitative estimate of drug-likeness (QED) is 0.384. The van der Waals surface area contributed by atoms with Crippen LogP contribution in [0, 0.1) is 11.6 Å². The molecule has 1 aromatic carbocycles. The van der Waals surface area contributed by atoms with E-state index in [1.54, 1.807) is 24.4 Å². The normalized spacial score (nSPS) is 11.7. The van der Waals surface area contributed by atoms with Crippen LogP contribution in [0.3, 0.4) is 0 Å². The fourth-order valence-corrected chi connectivity index (χ4v) is 3.09. The van der Waals surface area contributed by atoms with Crippen molar-refractivity contribution in [1.29, 1.82) is 0 Å². The number of benzene rings is 1. The molecule has 0 saturated carbocycles. The molecule has 0 amide bonds. The largest absolute Gasteiger partial charge is 0.479 e. The molecule has 0 spiro atoms. The van der Waals surface area contributed by atoms with E-state index in [1.165, 1.54) is 30.0 Å². The second kappa shape index (κ2) is 8.11. The molecule has 4 rings (SSSR count). The van der Waals surface area contributed by atoms with Crippen LogP contribution in [0.1, 0.15) is 5.56 Å². The number of halogens is 3. The molecule has 10 heteroatoms. The number of nitrogens with two attached hydrogens (primary N) is 1. The lowest BCUT2D eigenvalue weighted by atomic mass is 10.1. The summed E-state index contributed by atoms with van der Waals surface area (Å²) >= 11 is 5.88. The number of nitrogens with zero attached hydrogens (tertiary/aromatic N) is 4. The van der Waals surface area contributed by atoms with Gasteiger partial charge in [-0.3, -0.25) is 9.20 Å². The lowest BCUT2D eigenvalue weighted by Crippen LogP contribution is -2.15. The van der Waals surface area contributed by atoms with Crippen molar-refractivity contribution < 1.29 is 13.5 Å². The van der Waals surface area contributed by atoms with Crippen molar-refractivity contribution in [1.82, 2.24) is 14.4 Å². The molecule has 0 aliphatic heterocycles. The zero-order chi connectivity index (χ0) is 22.1. The Morgan fingerprint density at radius 2 is 1.94 bits per heavy atom. The maximum atomic E-state index is 14.1. The van der Waals surface area contributed by atoms with Crippen LogP contribution in [0.25, 0.3) is 16.8 Å². The number of rotatable bonds is 4. The number of hydrogen-bond acceptors (Lipinski definition) is 5. The first kappa shape index (κ1) is 20.4. The van der Waals surface area contributed by atoms with Gasteiger partial charge in [0.15, 0.2) is 0 Å². The molecule has 0 saturated heterocycles. The van der Waals surface area contributed by atoms with Gasteiger partial charge in [-0.2, -0.15) is 0 Å². The molecule has 0 bridgehead atoms. The van der Waals surface area contributed by atoms with Gasteiger partial charge in [-0.1, -0.05) is 11.6 Å². The van der Waals surface area contributed by atoms with Crippen molar-refractivity contribution in [2.24, 2.45) is 10.7 Å². The Morgan fingerprint density at radius 1 is 1.13 bits per heavy atom. The molecular weight excluding hydrogens is 428 g/mol. The predicted octanol–water partition coefficient (Wildman–Crippen LogP) is 3.73. The van der Waals surface area contributed by atoms with Crippen molar-refractivity contribution in [2.45, 2.75) is 0 Å². The summed E-state index contributed by atoms with van der Waals surface area (Å²) in [4.78, 5) is 24.8. The number of ether oxygens (including phenoxy) is 1. The smallest absolute Gasteiger partial charge is 0.276 e. The van der Waals surface area contributed by atoms with Crippen LogP contribution in [0.4, 0.5) is 14.5 Å². The maximum absolute atomic E-state index is 14.1. The second-order valence-corrected chi connectivity index (χ2v) is 6.84. The van der Waals surface area contributed by atoms with Gasteiger partial charge in [0.1, 0.15) is 33.8 Å². The van der Waals surface area contributed by atoms with Gasteiger partial charge >= 0.3 is 0 Å². The molecule has 3 aromatic heterocycles. The highest BCUT2D eigenvalue weighted by Gasteiger charge is 2.12.